The molecule has 0 aliphatic carbocycles. The van der Waals surface area contributed by atoms with Crippen LogP contribution in [0.1, 0.15) is 23.7 Å². The fraction of sp³-hybridized carbons (Fsp3) is 0.429. The van der Waals surface area contributed by atoms with E-state index >= 15 is 0 Å². The molecule has 0 saturated carbocycles. The highest BCUT2D eigenvalue weighted by molar-refractivity contribution is 7.98. The number of ether oxygens (including phenoxy) is 1. The number of nitrogens with zero attached hydrogens (tertiary/aromatic N) is 3. The van der Waals surface area contributed by atoms with Crippen molar-refractivity contribution in [1.29, 1.82) is 0 Å². The molecule has 0 bridgehead atoms. The summed E-state index contributed by atoms with van der Waals surface area (Å²) in [6.45, 7) is 5.29. The maximum atomic E-state index is 12.6. The highest BCUT2D eigenvalue weighted by Crippen LogP contribution is 2.22. The van der Waals surface area contributed by atoms with Gasteiger partial charge in [-0.05, 0) is 24.6 Å². The molecular formula is C21H26N4O4S. The van der Waals surface area contributed by atoms with Gasteiger partial charge in [-0.3, -0.25) is 14.4 Å². The van der Waals surface area contributed by atoms with E-state index in [1.54, 1.807) is 23.8 Å². The molecule has 30 heavy (non-hydrogen) atoms. The number of aromatic amines is 1. The van der Waals surface area contributed by atoms with Crippen LogP contribution in [0.25, 0.3) is 0 Å². The second-order valence-electron chi connectivity index (χ2n) is 7.14. The number of rotatable bonds is 6. The summed E-state index contributed by atoms with van der Waals surface area (Å²) in [7, 11) is 1.62. The first kappa shape index (κ1) is 21.9. The molecule has 2 aromatic rings. The molecule has 1 aromatic heterocycles. The van der Waals surface area contributed by atoms with Gasteiger partial charge >= 0.3 is 0 Å². The van der Waals surface area contributed by atoms with Gasteiger partial charge in [-0.25, -0.2) is 4.98 Å². The minimum absolute atomic E-state index is 0.00900. The number of nitrogens with one attached hydrogen (secondary N) is 1. The van der Waals surface area contributed by atoms with Gasteiger partial charge in [0.05, 0.1) is 13.5 Å². The standard InChI is InChI=1S/C21H26N4O4S/c1-14-18(12-19(27)25-9-7-24(8-10-25)15(2)26)20(28)23-21(22-14)30-13-16-5-4-6-17(11-16)29-3/h4-6,11H,7-10,12-13H2,1-3H3,(H,22,23,28). The summed E-state index contributed by atoms with van der Waals surface area (Å²) < 4.78 is 5.23. The predicted molar refractivity (Wildman–Crippen MR) is 115 cm³/mol. The minimum Gasteiger partial charge on any atom is -0.497 e. The molecule has 8 nitrogen and oxygen atoms in total. The third-order valence-electron chi connectivity index (χ3n) is 5.12. The summed E-state index contributed by atoms with van der Waals surface area (Å²) in [5.74, 6) is 1.31. The Morgan fingerprint density at radius 2 is 1.90 bits per heavy atom. The van der Waals surface area contributed by atoms with Gasteiger partial charge in [0.1, 0.15) is 5.75 Å². The van der Waals surface area contributed by atoms with Gasteiger partial charge in [-0.2, -0.15) is 0 Å². The average molecular weight is 431 g/mol. The number of carbonyl (C=O) groups excluding carboxylic acids is 2. The van der Waals surface area contributed by atoms with E-state index in [9.17, 15) is 14.4 Å². The monoisotopic (exact) mass is 430 g/mol. The van der Waals surface area contributed by atoms with E-state index in [0.717, 1.165) is 11.3 Å². The van der Waals surface area contributed by atoms with Crippen LogP contribution in [-0.4, -0.2) is 64.9 Å². The second-order valence-corrected chi connectivity index (χ2v) is 8.10. The topological polar surface area (TPSA) is 95.6 Å². The Morgan fingerprint density at radius 1 is 1.20 bits per heavy atom. The van der Waals surface area contributed by atoms with Gasteiger partial charge < -0.3 is 19.5 Å². The summed E-state index contributed by atoms with van der Waals surface area (Å²) in [4.78, 5) is 47.3. The van der Waals surface area contributed by atoms with Crippen LogP contribution in [0.3, 0.4) is 0 Å². The molecule has 2 amide bonds. The number of hydrogen-bond acceptors (Lipinski definition) is 6. The van der Waals surface area contributed by atoms with Crippen molar-refractivity contribution >= 4 is 23.6 Å². The zero-order chi connectivity index (χ0) is 21.7. The Morgan fingerprint density at radius 3 is 2.53 bits per heavy atom. The number of H-pyrrole nitrogens is 1. The molecule has 1 saturated heterocycles. The molecule has 1 fully saturated rings. The summed E-state index contributed by atoms with van der Waals surface area (Å²) in [6, 6.07) is 7.72. The Kier molecular flexibility index (Phi) is 7.15. The van der Waals surface area contributed by atoms with Crippen molar-refractivity contribution in [3.8, 4) is 5.75 Å². The minimum atomic E-state index is -0.286. The third kappa shape index (κ3) is 5.41. The molecule has 2 heterocycles. The van der Waals surface area contributed by atoms with Crippen molar-refractivity contribution in [2.75, 3.05) is 33.3 Å². The summed E-state index contributed by atoms with van der Waals surface area (Å²) >= 11 is 1.42. The SMILES string of the molecule is COc1cccc(CSc2nc(C)c(CC(=O)N3CCN(C(C)=O)CC3)c(=O)[nH]2)c1. The lowest BCUT2D eigenvalue weighted by molar-refractivity contribution is -0.138. The van der Waals surface area contributed by atoms with Crippen molar-refractivity contribution in [1.82, 2.24) is 19.8 Å². The van der Waals surface area contributed by atoms with Crippen LogP contribution in [0.2, 0.25) is 0 Å². The van der Waals surface area contributed by atoms with Crippen LogP contribution in [0.15, 0.2) is 34.2 Å². The zero-order valence-electron chi connectivity index (χ0n) is 17.4. The largest absolute Gasteiger partial charge is 0.497 e. The van der Waals surface area contributed by atoms with Crippen molar-refractivity contribution in [2.45, 2.75) is 31.2 Å². The highest BCUT2D eigenvalue weighted by Gasteiger charge is 2.24. The fourth-order valence-electron chi connectivity index (χ4n) is 3.31. The first-order valence-electron chi connectivity index (χ1n) is 9.76. The van der Waals surface area contributed by atoms with Crippen LogP contribution >= 0.6 is 11.8 Å². The lowest BCUT2D eigenvalue weighted by Gasteiger charge is -2.34. The van der Waals surface area contributed by atoms with E-state index in [4.69, 9.17) is 4.74 Å². The smallest absolute Gasteiger partial charge is 0.255 e. The second kappa shape index (κ2) is 9.80. The number of aromatic nitrogens is 2. The molecular weight excluding hydrogens is 404 g/mol. The van der Waals surface area contributed by atoms with Gasteiger partial charge in [0.25, 0.3) is 5.56 Å². The predicted octanol–water partition coefficient (Wildman–Crippen LogP) is 1.61. The van der Waals surface area contributed by atoms with E-state index in [2.05, 4.69) is 9.97 Å². The van der Waals surface area contributed by atoms with Crippen LogP contribution in [0, 0.1) is 6.92 Å². The number of benzene rings is 1. The average Bonchev–Trinajstić information content (AvgIpc) is 2.75. The van der Waals surface area contributed by atoms with E-state index in [1.165, 1.54) is 18.7 Å². The molecule has 0 radical (unpaired) electrons. The molecule has 3 rings (SSSR count). The lowest BCUT2D eigenvalue weighted by Crippen LogP contribution is -2.50. The van der Waals surface area contributed by atoms with E-state index in [-0.39, 0.29) is 23.8 Å². The molecule has 1 aliphatic heterocycles. The number of hydrogen-bond donors (Lipinski definition) is 1. The number of amides is 2. The van der Waals surface area contributed by atoms with Crippen molar-refractivity contribution < 1.29 is 14.3 Å². The Labute approximate surface area is 179 Å². The van der Waals surface area contributed by atoms with E-state index in [0.29, 0.717) is 48.3 Å². The number of thioether (sulfide) groups is 1. The summed E-state index contributed by atoms with van der Waals surface area (Å²) in [5.41, 5.74) is 1.72. The van der Waals surface area contributed by atoms with Crippen LogP contribution in [0.4, 0.5) is 0 Å². The van der Waals surface area contributed by atoms with E-state index in [1.807, 2.05) is 24.3 Å². The van der Waals surface area contributed by atoms with Gasteiger partial charge in [0.2, 0.25) is 11.8 Å². The maximum Gasteiger partial charge on any atom is 0.255 e. The summed E-state index contributed by atoms with van der Waals surface area (Å²) in [5, 5.41) is 0.520. The van der Waals surface area contributed by atoms with Crippen molar-refractivity contribution in [2.24, 2.45) is 0 Å². The number of piperazine rings is 1. The molecule has 0 atom stereocenters. The Balaban J connectivity index is 1.62. The third-order valence-corrected chi connectivity index (χ3v) is 6.06. The number of aryl methyl sites for hydroxylation is 1. The molecule has 1 N–H and O–H groups in total. The van der Waals surface area contributed by atoms with Crippen molar-refractivity contribution in [3.63, 3.8) is 0 Å². The molecule has 1 aliphatic rings. The molecule has 1 aromatic carbocycles. The van der Waals surface area contributed by atoms with Gasteiger partial charge in [0.15, 0.2) is 5.16 Å². The van der Waals surface area contributed by atoms with Crippen LogP contribution in [-0.2, 0) is 21.8 Å². The summed E-state index contributed by atoms with van der Waals surface area (Å²) in [6.07, 6.45) is 0.00900. The van der Waals surface area contributed by atoms with Crippen LogP contribution in [0.5, 0.6) is 5.75 Å². The molecule has 160 valence electrons. The van der Waals surface area contributed by atoms with E-state index < -0.39 is 0 Å². The number of methoxy groups -OCH3 is 1. The fourth-order valence-corrected chi connectivity index (χ4v) is 4.16. The normalized spacial score (nSPS) is 14.0. The van der Waals surface area contributed by atoms with Crippen molar-refractivity contribution in [3.05, 3.63) is 51.4 Å². The highest BCUT2D eigenvalue weighted by atomic mass is 32.2. The Hall–Kier alpha value is -2.81. The number of carbonyl (C=O) groups is 2. The van der Waals surface area contributed by atoms with Gasteiger partial charge in [0, 0.05) is 50.1 Å². The quantitative estimate of drug-likeness (QED) is 0.553. The molecule has 0 spiro atoms. The first-order valence-corrected chi connectivity index (χ1v) is 10.7. The van der Waals surface area contributed by atoms with Gasteiger partial charge in [-0.1, -0.05) is 23.9 Å². The lowest BCUT2D eigenvalue weighted by atomic mass is 10.1. The Bertz CT molecular complexity index is 983. The van der Waals surface area contributed by atoms with Crippen LogP contribution < -0.4 is 10.3 Å². The molecule has 0 unspecified atom stereocenters. The van der Waals surface area contributed by atoms with Gasteiger partial charge in [-0.15, -0.1) is 0 Å². The maximum absolute atomic E-state index is 12.6. The first-order chi connectivity index (χ1) is 14.4. The zero-order valence-corrected chi connectivity index (χ0v) is 18.3. The molecule has 9 heteroatoms.